The van der Waals surface area contributed by atoms with Crippen molar-refractivity contribution in [2.75, 3.05) is 13.2 Å². The van der Waals surface area contributed by atoms with Gasteiger partial charge in [0.2, 0.25) is 0 Å². The molecule has 2 nitrogen and oxygen atoms in total. The molecule has 0 aromatic rings. The second kappa shape index (κ2) is 4.91. The molecule has 0 amide bonds. The average molecular weight is 166 g/mol. The van der Waals surface area contributed by atoms with Gasteiger partial charge in [-0.15, -0.1) is 0 Å². The molecule has 0 bridgehead atoms. The lowest BCUT2D eigenvalue weighted by Gasteiger charge is -2.07. The maximum atomic E-state index is 8.66. The van der Waals surface area contributed by atoms with Crippen molar-refractivity contribution < 1.29 is 10.2 Å². The summed E-state index contributed by atoms with van der Waals surface area (Å²) in [6.45, 7) is 0.304. The first-order valence-corrected chi connectivity index (χ1v) is 4.14. The molecule has 0 saturated carbocycles. The summed E-state index contributed by atoms with van der Waals surface area (Å²) in [5.41, 5.74) is 2.31. The van der Waals surface area contributed by atoms with E-state index in [4.69, 9.17) is 10.2 Å². The highest BCUT2D eigenvalue weighted by Gasteiger charge is 1.99. The van der Waals surface area contributed by atoms with E-state index in [1.807, 2.05) is 12.2 Å². The molecule has 1 aliphatic carbocycles. The Balaban J connectivity index is 2.49. The molecule has 0 radical (unpaired) electrons. The van der Waals surface area contributed by atoms with Crippen LogP contribution in [-0.4, -0.2) is 23.4 Å². The third-order valence-electron chi connectivity index (χ3n) is 1.87. The minimum atomic E-state index is 0.100. The fourth-order valence-corrected chi connectivity index (χ4v) is 1.18. The smallest absolute Gasteiger partial charge is 0.0618 e. The van der Waals surface area contributed by atoms with E-state index in [2.05, 4.69) is 6.08 Å². The van der Waals surface area contributed by atoms with Crippen LogP contribution in [0.15, 0.2) is 35.5 Å². The summed E-state index contributed by atoms with van der Waals surface area (Å²) in [5.74, 6) is 0. The fourth-order valence-electron chi connectivity index (χ4n) is 1.18. The molecule has 0 atom stereocenters. The van der Waals surface area contributed by atoms with Gasteiger partial charge in [0.15, 0.2) is 0 Å². The maximum Gasteiger partial charge on any atom is 0.0618 e. The normalized spacial score (nSPS) is 19.8. The van der Waals surface area contributed by atoms with Crippen LogP contribution in [0, 0.1) is 0 Å². The van der Waals surface area contributed by atoms with E-state index in [9.17, 15) is 0 Å². The Morgan fingerprint density at radius 3 is 2.67 bits per heavy atom. The molecular weight excluding hydrogens is 152 g/mol. The minimum absolute atomic E-state index is 0.100. The zero-order valence-electron chi connectivity index (χ0n) is 7.03. The van der Waals surface area contributed by atoms with Gasteiger partial charge in [-0.25, -0.2) is 0 Å². The lowest BCUT2D eigenvalue weighted by Crippen LogP contribution is -1.92. The molecule has 2 heteroatoms. The van der Waals surface area contributed by atoms with Crippen molar-refractivity contribution in [2.24, 2.45) is 0 Å². The first-order valence-electron chi connectivity index (χ1n) is 4.14. The summed E-state index contributed by atoms with van der Waals surface area (Å²) in [6, 6.07) is 0. The van der Waals surface area contributed by atoms with Crippen molar-refractivity contribution in [3.8, 4) is 0 Å². The molecule has 0 heterocycles. The summed E-state index contributed by atoms with van der Waals surface area (Å²) in [6.07, 6.45) is 9.44. The Kier molecular flexibility index (Phi) is 3.77. The van der Waals surface area contributed by atoms with Gasteiger partial charge in [0.05, 0.1) is 6.61 Å². The third kappa shape index (κ3) is 2.64. The summed E-state index contributed by atoms with van der Waals surface area (Å²) in [7, 11) is 0. The highest BCUT2D eigenvalue weighted by atomic mass is 16.3. The Morgan fingerprint density at radius 1 is 1.33 bits per heavy atom. The molecule has 0 unspecified atom stereocenters. The van der Waals surface area contributed by atoms with Crippen LogP contribution in [0.4, 0.5) is 0 Å². The first-order chi connectivity index (χ1) is 5.86. The zero-order chi connectivity index (χ0) is 8.81. The monoisotopic (exact) mass is 166 g/mol. The van der Waals surface area contributed by atoms with E-state index in [1.54, 1.807) is 6.08 Å². The topological polar surface area (TPSA) is 40.5 Å². The largest absolute Gasteiger partial charge is 0.396 e. The van der Waals surface area contributed by atoms with Gasteiger partial charge in [-0.3, -0.25) is 0 Å². The van der Waals surface area contributed by atoms with E-state index in [-0.39, 0.29) is 13.2 Å². The van der Waals surface area contributed by atoms with Crippen LogP contribution in [-0.2, 0) is 0 Å². The van der Waals surface area contributed by atoms with Gasteiger partial charge in [-0.1, -0.05) is 24.3 Å². The highest BCUT2D eigenvalue weighted by Crippen LogP contribution is 2.16. The van der Waals surface area contributed by atoms with Gasteiger partial charge in [-0.05, 0) is 24.0 Å². The Labute approximate surface area is 72.5 Å². The number of aliphatic hydroxyl groups excluding tert-OH is 2. The molecule has 1 rings (SSSR count). The van der Waals surface area contributed by atoms with Crippen molar-refractivity contribution >= 4 is 0 Å². The van der Waals surface area contributed by atoms with Crippen molar-refractivity contribution in [2.45, 2.75) is 12.8 Å². The maximum absolute atomic E-state index is 8.66. The van der Waals surface area contributed by atoms with Gasteiger partial charge >= 0.3 is 0 Å². The minimum Gasteiger partial charge on any atom is -0.396 e. The number of hydrogen-bond acceptors (Lipinski definition) is 2. The molecule has 0 fully saturated rings. The summed E-state index contributed by atoms with van der Waals surface area (Å²) < 4.78 is 0. The van der Waals surface area contributed by atoms with Gasteiger partial charge in [0.25, 0.3) is 0 Å². The molecule has 66 valence electrons. The molecule has 1 aliphatic rings. The second-order valence-electron chi connectivity index (χ2n) is 2.75. The third-order valence-corrected chi connectivity index (χ3v) is 1.87. The average Bonchev–Trinajstić information content (AvgIpc) is 2.09. The number of rotatable bonds is 3. The molecule has 0 spiro atoms. The number of allylic oxidation sites excluding steroid dienone is 4. The van der Waals surface area contributed by atoms with Crippen LogP contribution in [0.1, 0.15) is 12.8 Å². The van der Waals surface area contributed by atoms with E-state index in [0.717, 1.165) is 18.4 Å². The lowest BCUT2D eigenvalue weighted by molar-refractivity contribution is 0.300. The van der Waals surface area contributed by atoms with Crippen LogP contribution in [0.2, 0.25) is 0 Å². The van der Waals surface area contributed by atoms with Crippen LogP contribution in [0.5, 0.6) is 0 Å². The molecular formula is C10H14O2. The first kappa shape index (κ1) is 9.23. The van der Waals surface area contributed by atoms with E-state index in [1.165, 1.54) is 5.57 Å². The standard InChI is InChI=1S/C10H14O2/c11-7-5-9-1-2-10(4-3-9)6-8-12/h1-3,6,11-12H,4-5,7-8H2. The van der Waals surface area contributed by atoms with E-state index >= 15 is 0 Å². The van der Waals surface area contributed by atoms with Crippen LogP contribution >= 0.6 is 0 Å². The van der Waals surface area contributed by atoms with Gasteiger partial charge < -0.3 is 10.2 Å². The van der Waals surface area contributed by atoms with E-state index < -0.39 is 0 Å². The second-order valence-corrected chi connectivity index (χ2v) is 2.75. The van der Waals surface area contributed by atoms with Gasteiger partial charge in [0, 0.05) is 6.61 Å². The Hall–Kier alpha value is -0.860. The quantitative estimate of drug-likeness (QED) is 0.660. The van der Waals surface area contributed by atoms with Crippen molar-refractivity contribution in [3.05, 3.63) is 35.5 Å². The van der Waals surface area contributed by atoms with Crippen LogP contribution in [0.25, 0.3) is 0 Å². The lowest BCUT2D eigenvalue weighted by atomic mass is 10.0. The van der Waals surface area contributed by atoms with Gasteiger partial charge in [0.1, 0.15) is 0 Å². The number of aliphatic hydroxyl groups is 2. The summed E-state index contributed by atoms with van der Waals surface area (Å²) in [5, 5.41) is 17.3. The van der Waals surface area contributed by atoms with Crippen molar-refractivity contribution in [3.63, 3.8) is 0 Å². The predicted molar refractivity (Wildman–Crippen MR) is 48.7 cm³/mol. The van der Waals surface area contributed by atoms with Crippen LogP contribution in [0.3, 0.4) is 0 Å². The highest BCUT2D eigenvalue weighted by molar-refractivity contribution is 5.35. The fraction of sp³-hybridized carbons (Fsp3) is 0.400. The number of hydrogen-bond donors (Lipinski definition) is 2. The van der Waals surface area contributed by atoms with Crippen molar-refractivity contribution in [1.82, 2.24) is 0 Å². The van der Waals surface area contributed by atoms with Crippen LogP contribution < -0.4 is 0 Å². The molecule has 0 aliphatic heterocycles. The molecule has 2 N–H and O–H groups in total. The summed E-state index contributed by atoms with van der Waals surface area (Å²) >= 11 is 0. The van der Waals surface area contributed by atoms with Gasteiger partial charge in [-0.2, -0.15) is 0 Å². The Bertz CT molecular complexity index is 224. The molecule has 0 aromatic carbocycles. The predicted octanol–water partition coefficient (Wildman–Crippen LogP) is 1.17. The van der Waals surface area contributed by atoms with E-state index in [0.29, 0.717) is 0 Å². The summed E-state index contributed by atoms with van der Waals surface area (Å²) in [4.78, 5) is 0. The SMILES string of the molecule is OCC=C1C=CC(CCO)=CC1. The molecule has 0 aromatic heterocycles. The zero-order valence-corrected chi connectivity index (χ0v) is 7.03. The molecule has 0 saturated heterocycles. The Morgan fingerprint density at radius 2 is 2.17 bits per heavy atom. The van der Waals surface area contributed by atoms with Crippen molar-refractivity contribution in [1.29, 1.82) is 0 Å². The molecule has 12 heavy (non-hydrogen) atoms.